The van der Waals surface area contributed by atoms with E-state index in [1.165, 1.54) is 18.4 Å². The molecule has 1 aliphatic heterocycles. The second kappa shape index (κ2) is 8.39. The second-order valence-corrected chi connectivity index (χ2v) is 6.36. The van der Waals surface area contributed by atoms with Crippen LogP contribution in [0, 0.1) is 0 Å². The van der Waals surface area contributed by atoms with Crippen LogP contribution in [0.3, 0.4) is 0 Å². The van der Waals surface area contributed by atoms with Gasteiger partial charge in [-0.15, -0.1) is 0 Å². The number of hydrogen-bond acceptors (Lipinski definition) is 2. The molecule has 1 aromatic rings. The second-order valence-electron chi connectivity index (χ2n) is 5.92. The third-order valence-corrected chi connectivity index (χ3v) is 4.28. The van der Waals surface area contributed by atoms with Crippen LogP contribution in [0.5, 0.6) is 0 Å². The number of likely N-dealkylation sites (N-methyl/N-ethyl adjacent to an activating group) is 1. The Kier molecular flexibility index (Phi) is 6.52. The highest BCUT2D eigenvalue weighted by Crippen LogP contribution is 2.21. The first kappa shape index (κ1) is 17.1. The molecule has 0 bridgehead atoms. The zero-order chi connectivity index (χ0) is 15.9. The predicted molar refractivity (Wildman–Crippen MR) is 94.7 cm³/mol. The number of likely N-dealkylation sites (tertiary alicyclic amines) is 1. The van der Waals surface area contributed by atoms with Crippen LogP contribution in [-0.2, 0) is 0 Å². The molecule has 1 fully saturated rings. The molecule has 0 aromatic heterocycles. The lowest BCUT2D eigenvalue weighted by Gasteiger charge is -2.25. The van der Waals surface area contributed by atoms with Crippen LogP contribution in [0.1, 0.15) is 31.4 Å². The molecule has 0 aliphatic carbocycles. The highest BCUT2D eigenvalue weighted by molar-refractivity contribution is 6.30. The SMILES string of the molecule is CCNC(=NCC(c1ccc(Cl)cc1)N(C)C)N1CCCC1. The van der Waals surface area contributed by atoms with E-state index in [2.05, 4.69) is 48.3 Å². The van der Waals surface area contributed by atoms with Crippen LogP contribution >= 0.6 is 11.6 Å². The number of nitrogens with one attached hydrogen (secondary N) is 1. The Bertz CT molecular complexity index is 478. The number of rotatable bonds is 5. The van der Waals surface area contributed by atoms with Crippen molar-refractivity contribution in [3.63, 3.8) is 0 Å². The topological polar surface area (TPSA) is 30.9 Å². The van der Waals surface area contributed by atoms with Gasteiger partial charge in [0.25, 0.3) is 0 Å². The summed E-state index contributed by atoms with van der Waals surface area (Å²) >= 11 is 5.99. The standard InChI is InChI=1S/C17H27ClN4/c1-4-19-17(22-11-5-6-12-22)20-13-16(21(2)3)14-7-9-15(18)10-8-14/h7-10,16H,4-6,11-13H2,1-3H3,(H,19,20). The molecule has 5 heteroatoms. The molecule has 0 radical (unpaired) electrons. The van der Waals surface area contributed by atoms with Crippen molar-refractivity contribution in [3.05, 3.63) is 34.9 Å². The number of guanidine groups is 1. The molecule has 1 aliphatic rings. The Labute approximate surface area is 139 Å². The Morgan fingerprint density at radius 1 is 1.27 bits per heavy atom. The predicted octanol–water partition coefficient (Wildman–Crippen LogP) is 3.00. The molecule has 0 amide bonds. The van der Waals surface area contributed by atoms with E-state index in [1.807, 2.05) is 12.1 Å². The minimum atomic E-state index is 0.258. The molecule has 22 heavy (non-hydrogen) atoms. The highest BCUT2D eigenvalue weighted by atomic mass is 35.5. The Hall–Kier alpha value is -1.26. The summed E-state index contributed by atoms with van der Waals surface area (Å²) < 4.78 is 0. The van der Waals surface area contributed by atoms with Crippen molar-refractivity contribution >= 4 is 17.6 Å². The van der Waals surface area contributed by atoms with Gasteiger partial charge in [0.1, 0.15) is 0 Å². The number of halogens is 1. The third-order valence-electron chi connectivity index (χ3n) is 4.03. The van der Waals surface area contributed by atoms with Crippen molar-refractivity contribution in [2.75, 3.05) is 40.3 Å². The van der Waals surface area contributed by atoms with Gasteiger partial charge in [-0.05, 0) is 51.6 Å². The Balaban J connectivity index is 2.11. The summed E-state index contributed by atoms with van der Waals surface area (Å²) in [4.78, 5) is 9.44. The zero-order valence-corrected chi connectivity index (χ0v) is 14.6. The van der Waals surface area contributed by atoms with Gasteiger partial charge in [-0.1, -0.05) is 23.7 Å². The van der Waals surface area contributed by atoms with Crippen LogP contribution in [0.4, 0.5) is 0 Å². The summed E-state index contributed by atoms with van der Waals surface area (Å²) in [5.74, 6) is 1.04. The fourth-order valence-corrected chi connectivity index (χ4v) is 2.91. The molecule has 1 aromatic carbocycles. The Morgan fingerprint density at radius 2 is 1.91 bits per heavy atom. The van der Waals surface area contributed by atoms with Gasteiger partial charge in [-0.25, -0.2) is 0 Å². The largest absolute Gasteiger partial charge is 0.357 e. The van der Waals surface area contributed by atoms with Gasteiger partial charge in [0.05, 0.1) is 12.6 Å². The van der Waals surface area contributed by atoms with Gasteiger partial charge in [0.2, 0.25) is 0 Å². The van der Waals surface area contributed by atoms with E-state index in [0.717, 1.165) is 37.2 Å². The lowest BCUT2D eigenvalue weighted by molar-refractivity contribution is 0.305. The van der Waals surface area contributed by atoms with Crippen LogP contribution in [0.15, 0.2) is 29.3 Å². The maximum absolute atomic E-state index is 5.99. The van der Waals surface area contributed by atoms with Crippen LogP contribution in [-0.4, -0.2) is 56.0 Å². The zero-order valence-electron chi connectivity index (χ0n) is 13.8. The summed E-state index contributed by atoms with van der Waals surface area (Å²) in [5, 5.41) is 4.19. The maximum atomic E-state index is 5.99. The minimum absolute atomic E-state index is 0.258. The molecule has 1 N–H and O–H groups in total. The summed E-state index contributed by atoms with van der Waals surface area (Å²) in [6.45, 7) is 5.99. The van der Waals surface area contributed by atoms with Gasteiger partial charge in [0.15, 0.2) is 5.96 Å². The summed E-state index contributed by atoms with van der Waals surface area (Å²) in [6.07, 6.45) is 2.53. The van der Waals surface area contributed by atoms with Gasteiger partial charge in [-0.2, -0.15) is 0 Å². The number of nitrogens with zero attached hydrogens (tertiary/aromatic N) is 3. The van der Waals surface area contributed by atoms with Crippen molar-refractivity contribution in [2.24, 2.45) is 4.99 Å². The molecule has 0 spiro atoms. The number of aliphatic imine (C=N–C) groups is 1. The monoisotopic (exact) mass is 322 g/mol. The minimum Gasteiger partial charge on any atom is -0.357 e. The first-order valence-electron chi connectivity index (χ1n) is 8.07. The Morgan fingerprint density at radius 3 is 2.45 bits per heavy atom. The van der Waals surface area contributed by atoms with Crippen LogP contribution < -0.4 is 5.32 Å². The summed E-state index contributed by atoms with van der Waals surface area (Å²) in [6, 6.07) is 8.33. The van der Waals surface area contributed by atoms with Crippen LogP contribution in [0.2, 0.25) is 5.02 Å². The molecule has 2 rings (SSSR count). The number of benzene rings is 1. The molecule has 1 saturated heterocycles. The molecule has 1 heterocycles. The summed E-state index contributed by atoms with van der Waals surface area (Å²) in [7, 11) is 4.19. The van der Waals surface area contributed by atoms with E-state index in [0.29, 0.717) is 0 Å². The highest BCUT2D eigenvalue weighted by Gasteiger charge is 2.18. The fraction of sp³-hybridized carbons (Fsp3) is 0.588. The van der Waals surface area contributed by atoms with Gasteiger partial charge in [0, 0.05) is 24.7 Å². The lowest BCUT2D eigenvalue weighted by Crippen LogP contribution is -2.40. The number of hydrogen-bond donors (Lipinski definition) is 1. The molecule has 4 nitrogen and oxygen atoms in total. The molecular formula is C17H27ClN4. The average molecular weight is 323 g/mol. The fourth-order valence-electron chi connectivity index (χ4n) is 2.78. The van der Waals surface area contributed by atoms with E-state index in [1.54, 1.807) is 0 Å². The molecule has 1 unspecified atom stereocenters. The molecule has 122 valence electrons. The van der Waals surface area contributed by atoms with Crippen molar-refractivity contribution in [1.29, 1.82) is 0 Å². The van der Waals surface area contributed by atoms with Gasteiger partial charge in [-0.3, -0.25) is 4.99 Å². The first-order chi connectivity index (χ1) is 10.6. The maximum Gasteiger partial charge on any atom is 0.193 e. The van der Waals surface area contributed by atoms with E-state index < -0.39 is 0 Å². The van der Waals surface area contributed by atoms with Crippen molar-refractivity contribution in [1.82, 2.24) is 15.1 Å². The van der Waals surface area contributed by atoms with E-state index in [-0.39, 0.29) is 6.04 Å². The van der Waals surface area contributed by atoms with Crippen LogP contribution in [0.25, 0.3) is 0 Å². The molecule has 0 saturated carbocycles. The van der Waals surface area contributed by atoms with E-state index in [9.17, 15) is 0 Å². The average Bonchev–Trinajstić information content (AvgIpc) is 3.02. The summed E-state index contributed by atoms with van der Waals surface area (Å²) in [5.41, 5.74) is 1.25. The molecular weight excluding hydrogens is 296 g/mol. The van der Waals surface area contributed by atoms with E-state index in [4.69, 9.17) is 16.6 Å². The first-order valence-corrected chi connectivity index (χ1v) is 8.44. The normalized spacial score (nSPS) is 17.1. The van der Waals surface area contributed by atoms with Crippen molar-refractivity contribution in [2.45, 2.75) is 25.8 Å². The third kappa shape index (κ3) is 4.62. The van der Waals surface area contributed by atoms with Crippen molar-refractivity contribution < 1.29 is 0 Å². The molecule has 1 atom stereocenters. The smallest absolute Gasteiger partial charge is 0.193 e. The van der Waals surface area contributed by atoms with Crippen molar-refractivity contribution in [3.8, 4) is 0 Å². The van der Waals surface area contributed by atoms with E-state index >= 15 is 0 Å². The van der Waals surface area contributed by atoms with Gasteiger partial charge < -0.3 is 15.1 Å². The lowest BCUT2D eigenvalue weighted by atomic mass is 10.1. The van der Waals surface area contributed by atoms with Gasteiger partial charge >= 0.3 is 0 Å². The quantitative estimate of drug-likeness (QED) is 0.668.